The van der Waals surface area contributed by atoms with Gasteiger partial charge in [-0.25, -0.2) is 13.1 Å². The molecule has 1 rings (SSSR count). The fourth-order valence-electron chi connectivity index (χ4n) is 1.64. The molecule has 0 radical (unpaired) electrons. The van der Waals surface area contributed by atoms with E-state index in [1.165, 1.54) is 0 Å². The summed E-state index contributed by atoms with van der Waals surface area (Å²) in [4.78, 5) is 0. The van der Waals surface area contributed by atoms with Gasteiger partial charge in [0.2, 0.25) is 10.0 Å². The van der Waals surface area contributed by atoms with Crippen LogP contribution in [0.4, 0.5) is 0 Å². The Hall–Kier alpha value is -0.530. The third-order valence-electron chi connectivity index (χ3n) is 2.37. The predicted octanol–water partition coefficient (Wildman–Crippen LogP) is 0.872. The van der Waals surface area contributed by atoms with Crippen molar-refractivity contribution in [2.75, 3.05) is 6.54 Å². The average molecular weight is 201 g/mol. The molecule has 0 heterocycles. The van der Waals surface area contributed by atoms with Crippen LogP contribution in [0.3, 0.4) is 0 Å². The molecule has 3 nitrogen and oxygen atoms in total. The molecule has 0 aliphatic heterocycles. The monoisotopic (exact) mass is 201 g/mol. The van der Waals surface area contributed by atoms with Crippen LogP contribution in [0.1, 0.15) is 32.1 Å². The van der Waals surface area contributed by atoms with Gasteiger partial charge in [0, 0.05) is 0 Å². The van der Waals surface area contributed by atoms with Gasteiger partial charge in [-0.15, -0.1) is 6.42 Å². The van der Waals surface area contributed by atoms with Gasteiger partial charge >= 0.3 is 0 Å². The second kappa shape index (κ2) is 4.64. The van der Waals surface area contributed by atoms with E-state index < -0.39 is 10.0 Å². The van der Waals surface area contributed by atoms with Gasteiger partial charge in [0.1, 0.15) is 0 Å². The molecule has 0 unspecified atom stereocenters. The van der Waals surface area contributed by atoms with E-state index in [1.54, 1.807) is 0 Å². The summed E-state index contributed by atoms with van der Waals surface area (Å²) in [7, 11) is -3.14. The zero-order chi connectivity index (χ0) is 9.73. The Morgan fingerprint density at radius 2 is 1.92 bits per heavy atom. The lowest BCUT2D eigenvalue weighted by Crippen LogP contribution is -2.35. The number of terminal acetylenes is 1. The van der Waals surface area contributed by atoms with E-state index in [1.807, 2.05) is 0 Å². The van der Waals surface area contributed by atoms with Gasteiger partial charge in [0.15, 0.2) is 0 Å². The Kier molecular flexibility index (Phi) is 3.76. The molecule has 0 amide bonds. The van der Waals surface area contributed by atoms with Crippen LogP contribution in [-0.2, 0) is 10.0 Å². The highest BCUT2D eigenvalue weighted by atomic mass is 32.2. The summed E-state index contributed by atoms with van der Waals surface area (Å²) in [6, 6.07) is 0. The van der Waals surface area contributed by atoms with E-state index in [0.29, 0.717) is 0 Å². The van der Waals surface area contributed by atoms with Crippen molar-refractivity contribution in [3.8, 4) is 12.3 Å². The predicted molar refractivity (Wildman–Crippen MR) is 52.6 cm³/mol. The topological polar surface area (TPSA) is 46.2 Å². The minimum absolute atomic E-state index is 0.110. The number of hydrogen-bond acceptors (Lipinski definition) is 2. The third kappa shape index (κ3) is 3.02. The second-order valence-corrected chi connectivity index (χ2v) is 5.38. The Balaban J connectivity index is 2.53. The Morgan fingerprint density at radius 3 is 2.46 bits per heavy atom. The molecule has 4 heteroatoms. The first kappa shape index (κ1) is 10.6. The maximum Gasteiger partial charge on any atom is 0.215 e. The number of sulfonamides is 1. The van der Waals surface area contributed by atoms with Crippen LogP contribution in [0.5, 0.6) is 0 Å². The molecule has 1 saturated carbocycles. The number of rotatable bonds is 3. The first-order chi connectivity index (χ1) is 6.17. The van der Waals surface area contributed by atoms with E-state index in [9.17, 15) is 8.42 Å². The fourth-order valence-corrected chi connectivity index (χ4v) is 3.11. The molecule has 0 bridgehead atoms. The highest BCUT2D eigenvalue weighted by molar-refractivity contribution is 7.90. The van der Waals surface area contributed by atoms with Crippen LogP contribution in [0, 0.1) is 12.3 Å². The van der Waals surface area contributed by atoms with Crippen molar-refractivity contribution in [1.82, 2.24) is 4.72 Å². The van der Waals surface area contributed by atoms with Gasteiger partial charge in [0.05, 0.1) is 11.8 Å². The van der Waals surface area contributed by atoms with E-state index in [0.717, 1.165) is 32.1 Å². The van der Waals surface area contributed by atoms with Gasteiger partial charge in [-0.05, 0) is 12.8 Å². The zero-order valence-corrected chi connectivity index (χ0v) is 8.44. The molecule has 0 aromatic heterocycles. The quantitative estimate of drug-likeness (QED) is 0.689. The van der Waals surface area contributed by atoms with Gasteiger partial charge in [-0.2, -0.15) is 0 Å². The first-order valence-corrected chi connectivity index (χ1v) is 6.13. The van der Waals surface area contributed by atoms with Crippen LogP contribution in [-0.4, -0.2) is 20.2 Å². The number of nitrogens with one attached hydrogen (secondary N) is 1. The lowest BCUT2D eigenvalue weighted by Gasteiger charge is -2.21. The number of hydrogen-bond donors (Lipinski definition) is 1. The minimum Gasteiger partial charge on any atom is -0.212 e. The summed E-state index contributed by atoms with van der Waals surface area (Å²) in [6.07, 6.45) is 9.73. The molecule has 13 heavy (non-hydrogen) atoms. The fraction of sp³-hybridized carbons (Fsp3) is 0.778. The zero-order valence-electron chi connectivity index (χ0n) is 7.62. The Bertz CT molecular complexity index is 283. The normalized spacial score (nSPS) is 19.6. The van der Waals surface area contributed by atoms with Gasteiger partial charge < -0.3 is 0 Å². The Morgan fingerprint density at radius 1 is 1.31 bits per heavy atom. The van der Waals surface area contributed by atoms with Gasteiger partial charge in [-0.3, -0.25) is 0 Å². The maximum atomic E-state index is 11.5. The van der Waals surface area contributed by atoms with Crippen molar-refractivity contribution in [2.24, 2.45) is 0 Å². The standard InChI is InChI=1S/C9H15NO2S/c1-2-8-10-13(11,12)9-6-4-3-5-7-9/h1,9-10H,3-8H2. The minimum atomic E-state index is -3.14. The van der Waals surface area contributed by atoms with Crippen molar-refractivity contribution in [3.63, 3.8) is 0 Å². The maximum absolute atomic E-state index is 11.5. The largest absolute Gasteiger partial charge is 0.215 e. The molecule has 1 N–H and O–H groups in total. The lowest BCUT2D eigenvalue weighted by atomic mass is 10.0. The van der Waals surface area contributed by atoms with Gasteiger partial charge in [-0.1, -0.05) is 25.2 Å². The molecule has 1 aliphatic rings. The summed E-state index contributed by atoms with van der Waals surface area (Å²) in [5.41, 5.74) is 0. The van der Waals surface area contributed by atoms with Crippen LogP contribution < -0.4 is 4.72 Å². The second-order valence-electron chi connectivity index (χ2n) is 3.33. The third-order valence-corrected chi connectivity index (χ3v) is 4.26. The van der Waals surface area contributed by atoms with Crippen molar-refractivity contribution in [3.05, 3.63) is 0 Å². The molecule has 0 saturated heterocycles. The van der Waals surface area contributed by atoms with Crippen molar-refractivity contribution >= 4 is 10.0 Å². The van der Waals surface area contributed by atoms with Crippen molar-refractivity contribution in [1.29, 1.82) is 0 Å². The summed E-state index contributed by atoms with van der Waals surface area (Å²) >= 11 is 0. The molecule has 0 atom stereocenters. The van der Waals surface area contributed by atoms with Crippen LogP contribution in [0.25, 0.3) is 0 Å². The van der Waals surface area contributed by atoms with E-state index in [4.69, 9.17) is 6.42 Å². The first-order valence-electron chi connectivity index (χ1n) is 4.59. The molecule has 0 spiro atoms. The molecule has 74 valence electrons. The average Bonchev–Trinajstić information content (AvgIpc) is 2.16. The smallest absolute Gasteiger partial charge is 0.212 e. The van der Waals surface area contributed by atoms with Crippen molar-refractivity contribution < 1.29 is 8.42 Å². The lowest BCUT2D eigenvalue weighted by molar-refractivity contribution is 0.479. The Labute approximate surface area is 80.0 Å². The molecular formula is C9H15NO2S. The van der Waals surface area contributed by atoms with E-state index in [-0.39, 0.29) is 11.8 Å². The van der Waals surface area contributed by atoms with E-state index >= 15 is 0 Å². The van der Waals surface area contributed by atoms with Crippen LogP contribution in [0.15, 0.2) is 0 Å². The summed E-state index contributed by atoms with van der Waals surface area (Å²) in [5, 5.41) is -0.213. The molecule has 0 aromatic carbocycles. The SMILES string of the molecule is C#CCNS(=O)(=O)C1CCCCC1. The molecule has 1 fully saturated rings. The summed E-state index contributed by atoms with van der Waals surface area (Å²) < 4.78 is 25.5. The van der Waals surface area contributed by atoms with Crippen LogP contribution in [0.2, 0.25) is 0 Å². The molecule has 0 aromatic rings. The summed E-state index contributed by atoms with van der Waals surface area (Å²) in [6.45, 7) is 0.110. The van der Waals surface area contributed by atoms with E-state index in [2.05, 4.69) is 10.6 Å². The highest BCUT2D eigenvalue weighted by Gasteiger charge is 2.26. The van der Waals surface area contributed by atoms with Crippen LogP contribution >= 0.6 is 0 Å². The van der Waals surface area contributed by atoms with Gasteiger partial charge in [0.25, 0.3) is 0 Å². The molecular weight excluding hydrogens is 186 g/mol. The molecule has 1 aliphatic carbocycles. The highest BCUT2D eigenvalue weighted by Crippen LogP contribution is 2.22. The summed E-state index contributed by atoms with van der Waals surface area (Å²) in [5.74, 6) is 2.27. The van der Waals surface area contributed by atoms with Crippen molar-refractivity contribution in [2.45, 2.75) is 37.4 Å².